The quantitative estimate of drug-likeness (QED) is 0.124. The summed E-state index contributed by atoms with van der Waals surface area (Å²) in [5.41, 5.74) is 0.858. The van der Waals surface area contributed by atoms with E-state index >= 15 is 0 Å². The minimum absolute atomic E-state index is 0.00823. The van der Waals surface area contributed by atoms with Crippen LogP contribution in [-0.4, -0.2) is 107 Å². The van der Waals surface area contributed by atoms with Gasteiger partial charge in [0.25, 0.3) is 5.91 Å². The van der Waals surface area contributed by atoms with Gasteiger partial charge in [-0.15, -0.1) is 0 Å². The van der Waals surface area contributed by atoms with E-state index in [2.05, 4.69) is 22.5 Å². The number of nitrogens with zero attached hydrogens (tertiary/aromatic N) is 2. The molecule has 0 aliphatic rings. The third-order valence-corrected chi connectivity index (χ3v) is 7.98. The van der Waals surface area contributed by atoms with Gasteiger partial charge >= 0.3 is 11.9 Å². The first-order chi connectivity index (χ1) is 22.8. The highest BCUT2D eigenvalue weighted by atomic mass is 16.5. The molecule has 6 atom stereocenters. The molecule has 0 radical (unpaired) electrons. The van der Waals surface area contributed by atoms with Crippen molar-refractivity contribution < 1.29 is 43.4 Å². The number of carbonyl (C=O) groups is 7. The van der Waals surface area contributed by atoms with E-state index < -0.39 is 78.3 Å². The average molecular weight is 688 g/mol. The van der Waals surface area contributed by atoms with Crippen molar-refractivity contribution >= 4 is 41.5 Å². The minimum Gasteiger partial charge on any atom is -0.480 e. The van der Waals surface area contributed by atoms with Crippen LogP contribution in [0.15, 0.2) is 42.5 Å². The maximum absolute atomic E-state index is 13.9. The molecule has 5 amide bonds. The Hall–Kier alpha value is -4.75. The minimum atomic E-state index is -1.23. The van der Waals surface area contributed by atoms with Crippen molar-refractivity contribution in [2.75, 3.05) is 20.6 Å². The molecular formula is C35H53N5O9. The van der Waals surface area contributed by atoms with Crippen LogP contribution >= 0.6 is 0 Å². The van der Waals surface area contributed by atoms with Crippen molar-refractivity contribution in [1.82, 2.24) is 25.8 Å². The van der Waals surface area contributed by atoms with Crippen LogP contribution in [0.1, 0.15) is 66.9 Å². The lowest BCUT2D eigenvalue weighted by Gasteiger charge is -2.33. The topological polar surface area (TPSA) is 192 Å². The molecule has 0 fully saturated rings. The van der Waals surface area contributed by atoms with Crippen LogP contribution in [0.2, 0.25) is 0 Å². The fourth-order valence-electron chi connectivity index (χ4n) is 4.75. The molecule has 0 spiro atoms. The fourth-order valence-corrected chi connectivity index (χ4v) is 4.75. The van der Waals surface area contributed by atoms with E-state index in [4.69, 9.17) is 4.74 Å². The van der Waals surface area contributed by atoms with Gasteiger partial charge in [-0.25, -0.2) is 4.79 Å². The molecule has 0 saturated heterocycles. The molecule has 1 aromatic carbocycles. The first-order valence-electron chi connectivity index (χ1n) is 16.3. The van der Waals surface area contributed by atoms with Gasteiger partial charge in [-0.1, -0.05) is 71.0 Å². The molecule has 0 heterocycles. The van der Waals surface area contributed by atoms with Crippen molar-refractivity contribution in [1.29, 1.82) is 0 Å². The molecule has 0 bridgehead atoms. The Balaban J connectivity index is 3.20. The van der Waals surface area contributed by atoms with Crippen LogP contribution in [0.25, 0.3) is 0 Å². The maximum Gasteiger partial charge on any atom is 0.333 e. The molecule has 1 aromatic rings. The summed E-state index contributed by atoms with van der Waals surface area (Å²) in [5.74, 6) is -5.49. The monoisotopic (exact) mass is 687 g/mol. The zero-order valence-electron chi connectivity index (χ0n) is 30.1. The van der Waals surface area contributed by atoms with Gasteiger partial charge in [0.05, 0.1) is 6.54 Å². The number of amides is 5. The molecule has 272 valence electrons. The summed E-state index contributed by atoms with van der Waals surface area (Å²) in [6.07, 6.45) is -0.359. The van der Waals surface area contributed by atoms with Crippen LogP contribution in [0.5, 0.6) is 0 Å². The van der Waals surface area contributed by atoms with Crippen molar-refractivity contribution in [3.8, 4) is 0 Å². The summed E-state index contributed by atoms with van der Waals surface area (Å²) >= 11 is 0. The second kappa shape index (κ2) is 19.9. The Morgan fingerprint density at radius 1 is 0.857 bits per heavy atom. The number of nitrogens with one attached hydrogen (secondary N) is 3. The van der Waals surface area contributed by atoms with Gasteiger partial charge in [0.1, 0.15) is 24.2 Å². The molecule has 14 nitrogen and oxygen atoms in total. The lowest BCUT2D eigenvalue weighted by molar-refractivity contribution is -0.154. The number of hydrogen-bond donors (Lipinski definition) is 4. The van der Waals surface area contributed by atoms with E-state index in [1.54, 1.807) is 37.3 Å². The molecule has 0 aromatic heterocycles. The van der Waals surface area contributed by atoms with Crippen molar-refractivity contribution in [2.24, 2.45) is 11.8 Å². The van der Waals surface area contributed by atoms with Gasteiger partial charge < -0.3 is 35.6 Å². The number of ether oxygens (including phenoxy) is 1. The van der Waals surface area contributed by atoms with Crippen molar-refractivity contribution in [3.63, 3.8) is 0 Å². The smallest absolute Gasteiger partial charge is 0.333 e. The van der Waals surface area contributed by atoms with E-state index in [1.165, 1.54) is 39.8 Å². The Labute approximate surface area is 289 Å². The van der Waals surface area contributed by atoms with Gasteiger partial charge in [-0.2, -0.15) is 0 Å². The van der Waals surface area contributed by atoms with Crippen LogP contribution in [0.4, 0.5) is 0 Å². The predicted molar refractivity (Wildman–Crippen MR) is 183 cm³/mol. The number of benzene rings is 1. The number of esters is 1. The molecule has 0 aliphatic heterocycles. The van der Waals surface area contributed by atoms with E-state index in [0.717, 1.165) is 10.5 Å². The maximum atomic E-state index is 13.9. The largest absolute Gasteiger partial charge is 0.480 e. The van der Waals surface area contributed by atoms with Gasteiger partial charge in [0.2, 0.25) is 23.6 Å². The number of hydrogen-bond acceptors (Lipinski definition) is 8. The van der Waals surface area contributed by atoms with Gasteiger partial charge in [-0.05, 0) is 44.6 Å². The molecule has 49 heavy (non-hydrogen) atoms. The number of carboxylic acid groups (broad SMARTS) is 1. The number of likely N-dealkylation sites (N-methyl/N-ethyl adjacent to an activating group) is 2. The van der Waals surface area contributed by atoms with E-state index in [1.807, 2.05) is 20.8 Å². The summed E-state index contributed by atoms with van der Waals surface area (Å²) in [7, 11) is 2.81. The van der Waals surface area contributed by atoms with Crippen LogP contribution in [0, 0.1) is 11.8 Å². The van der Waals surface area contributed by atoms with Gasteiger partial charge in [-0.3, -0.25) is 28.8 Å². The summed E-state index contributed by atoms with van der Waals surface area (Å²) in [4.78, 5) is 92.4. The van der Waals surface area contributed by atoms with E-state index in [9.17, 15) is 38.7 Å². The standard InChI is InChI=1S/C35H53N5O9/c1-11-22(6)29(31(43)37-24(8)34(46)47)38-28(41)19-39(9)33(45)26(18-25-15-13-12-14-16-25)40(10)32(44)23(7)36-30(42)27(17-20(2)3)49-35(48)21(4)5/h12-16,20,22-24,26-27,29H,4,11,17-19H2,1-3,5-10H3,(H,36,42)(H,37,43)(H,38,41)(H,46,47)/t22?,23?,24-,26-,27-,29?/m1/s1. The van der Waals surface area contributed by atoms with Crippen LogP contribution in [-0.2, 0) is 44.7 Å². The average Bonchev–Trinajstić information content (AvgIpc) is 3.04. The highest BCUT2D eigenvalue weighted by Crippen LogP contribution is 2.15. The Bertz CT molecular complexity index is 1350. The van der Waals surface area contributed by atoms with E-state index in [-0.39, 0.29) is 30.3 Å². The fraction of sp³-hybridized carbons (Fsp3) is 0.571. The summed E-state index contributed by atoms with van der Waals surface area (Å²) in [6, 6.07) is 4.52. The lowest BCUT2D eigenvalue weighted by Crippen LogP contribution is -2.57. The second-order valence-corrected chi connectivity index (χ2v) is 12.9. The number of carboxylic acids is 1. The zero-order chi connectivity index (χ0) is 37.6. The molecule has 0 saturated carbocycles. The SMILES string of the molecule is C=C(C)C(=O)O[C@H](CC(C)C)C(=O)NC(C)C(=O)N(C)[C@H](Cc1ccccc1)C(=O)N(C)CC(=O)NC(C(=O)N[C@H](C)C(=O)O)C(C)CC. The lowest BCUT2D eigenvalue weighted by atomic mass is 9.98. The van der Waals surface area contributed by atoms with E-state index in [0.29, 0.717) is 6.42 Å². The first-order valence-corrected chi connectivity index (χ1v) is 16.3. The molecule has 14 heteroatoms. The summed E-state index contributed by atoms with van der Waals surface area (Å²) in [6.45, 7) is 14.6. The molecule has 0 aliphatic carbocycles. The highest BCUT2D eigenvalue weighted by Gasteiger charge is 2.35. The highest BCUT2D eigenvalue weighted by molar-refractivity contribution is 5.96. The van der Waals surface area contributed by atoms with Gasteiger partial charge in [0, 0.05) is 26.1 Å². The second-order valence-electron chi connectivity index (χ2n) is 12.9. The van der Waals surface area contributed by atoms with Crippen molar-refractivity contribution in [3.05, 3.63) is 48.0 Å². The predicted octanol–water partition coefficient (Wildman–Crippen LogP) is 1.67. The van der Waals surface area contributed by atoms with Crippen LogP contribution < -0.4 is 16.0 Å². The number of rotatable bonds is 19. The molecule has 4 N–H and O–H groups in total. The zero-order valence-corrected chi connectivity index (χ0v) is 30.1. The number of aliphatic carboxylic acids is 1. The Kier molecular flexibility index (Phi) is 17.2. The summed E-state index contributed by atoms with van der Waals surface area (Å²) < 4.78 is 5.33. The normalized spacial score (nSPS) is 14.6. The Morgan fingerprint density at radius 2 is 1.43 bits per heavy atom. The third kappa shape index (κ3) is 13.7. The van der Waals surface area contributed by atoms with Crippen molar-refractivity contribution in [2.45, 2.75) is 98.0 Å². The Morgan fingerprint density at radius 3 is 1.94 bits per heavy atom. The molecular weight excluding hydrogens is 634 g/mol. The van der Waals surface area contributed by atoms with Crippen LogP contribution in [0.3, 0.4) is 0 Å². The first kappa shape index (κ1) is 42.3. The molecule has 3 unspecified atom stereocenters. The number of carbonyl (C=O) groups excluding carboxylic acids is 6. The molecule has 1 rings (SSSR count). The third-order valence-electron chi connectivity index (χ3n) is 7.98. The summed E-state index contributed by atoms with van der Waals surface area (Å²) in [5, 5.41) is 16.8. The van der Waals surface area contributed by atoms with Gasteiger partial charge in [0.15, 0.2) is 6.10 Å².